The zero-order valence-corrected chi connectivity index (χ0v) is 11.8. The third kappa shape index (κ3) is 15.4. The van der Waals surface area contributed by atoms with Gasteiger partial charge in [0.1, 0.15) is 5.78 Å². The average Bonchev–Trinajstić information content (AvgIpc) is 2.30. The lowest BCUT2D eigenvalue weighted by atomic mass is 10.1. The average molecular weight is 238 g/mol. The van der Waals surface area contributed by atoms with Gasteiger partial charge in [-0.1, -0.05) is 64.0 Å². The van der Waals surface area contributed by atoms with E-state index in [1.807, 2.05) is 0 Å². The zero-order valence-electron chi connectivity index (χ0n) is 11.8. The maximum absolute atomic E-state index is 10.7. The van der Waals surface area contributed by atoms with E-state index >= 15 is 0 Å². The molecule has 0 amide bonds. The number of carbonyl (C=O) groups is 1. The Kier molecular flexibility index (Phi) is 13.0. The standard InChI is InChI=1S/C16H30O/c1-3-4-5-6-7-8-9-10-11-12-13-14-15-16(2)17/h12-13H,3-11,14-15H2,1-2H3. The monoisotopic (exact) mass is 238 g/mol. The number of Topliss-reactive ketones (excluding diaryl/α,β-unsaturated/α-hetero) is 1. The molecule has 0 heterocycles. The van der Waals surface area contributed by atoms with E-state index in [0.717, 1.165) is 6.42 Å². The second-order valence-corrected chi connectivity index (χ2v) is 4.98. The first-order chi connectivity index (χ1) is 8.27. The van der Waals surface area contributed by atoms with Crippen molar-refractivity contribution in [3.8, 4) is 0 Å². The van der Waals surface area contributed by atoms with Gasteiger partial charge in [0.25, 0.3) is 0 Å². The van der Waals surface area contributed by atoms with Gasteiger partial charge in [-0.15, -0.1) is 0 Å². The first kappa shape index (κ1) is 16.4. The van der Waals surface area contributed by atoms with Crippen LogP contribution in [0.1, 0.15) is 84.5 Å². The molecule has 0 aromatic carbocycles. The summed E-state index contributed by atoms with van der Waals surface area (Å²) in [6, 6.07) is 0. The van der Waals surface area contributed by atoms with Gasteiger partial charge in [0.2, 0.25) is 0 Å². The van der Waals surface area contributed by atoms with Crippen molar-refractivity contribution in [2.45, 2.75) is 84.5 Å². The molecule has 0 aromatic rings. The van der Waals surface area contributed by atoms with Crippen molar-refractivity contribution in [3.05, 3.63) is 12.2 Å². The van der Waals surface area contributed by atoms with Crippen molar-refractivity contribution < 1.29 is 4.79 Å². The molecule has 1 nitrogen and oxygen atoms in total. The summed E-state index contributed by atoms with van der Waals surface area (Å²) in [5.74, 6) is 0.293. The molecule has 0 atom stereocenters. The number of rotatable bonds is 12. The van der Waals surface area contributed by atoms with E-state index in [-0.39, 0.29) is 0 Å². The summed E-state index contributed by atoms with van der Waals surface area (Å²) in [7, 11) is 0. The van der Waals surface area contributed by atoms with E-state index in [4.69, 9.17) is 0 Å². The minimum atomic E-state index is 0.293. The van der Waals surface area contributed by atoms with Gasteiger partial charge in [-0.2, -0.15) is 0 Å². The van der Waals surface area contributed by atoms with Crippen LogP contribution in [0.25, 0.3) is 0 Å². The maximum Gasteiger partial charge on any atom is 0.130 e. The Morgan fingerprint density at radius 1 is 0.824 bits per heavy atom. The van der Waals surface area contributed by atoms with E-state index < -0.39 is 0 Å². The van der Waals surface area contributed by atoms with Crippen LogP contribution < -0.4 is 0 Å². The highest BCUT2D eigenvalue weighted by Gasteiger charge is 1.91. The molecule has 0 spiro atoms. The summed E-state index contributed by atoms with van der Waals surface area (Å²) in [6.45, 7) is 3.92. The highest BCUT2D eigenvalue weighted by atomic mass is 16.1. The highest BCUT2D eigenvalue weighted by Crippen LogP contribution is 2.09. The molecule has 0 bridgehead atoms. The predicted molar refractivity (Wildman–Crippen MR) is 76.3 cm³/mol. The van der Waals surface area contributed by atoms with Crippen molar-refractivity contribution in [2.24, 2.45) is 0 Å². The Bertz CT molecular complexity index is 194. The predicted octanol–water partition coefficient (Wildman–Crippen LogP) is 5.44. The van der Waals surface area contributed by atoms with Gasteiger partial charge in [-0.25, -0.2) is 0 Å². The summed E-state index contributed by atoms with van der Waals surface area (Å²) in [6.07, 6.45) is 18.3. The fourth-order valence-electron chi connectivity index (χ4n) is 1.92. The van der Waals surface area contributed by atoms with Crippen LogP contribution in [-0.2, 0) is 4.79 Å². The molecule has 0 unspecified atom stereocenters. The normalized spacial score (nSPS) is 11.2. The minimum Gasteiger partial charge on any atom is -0.300 e. The minimum absolute atomic E-state index is 0.293. The number of unbranched alkanes of at least 4 members (excludes halogenated alkanes) is 8. The van der Waals surface area contributed by atoms with Gasteiger partial charge in [0, 0.05) is 6.42 Å². The van der Waals surface area contributed by atoms with Crippen LogP contribution in [-0.4, -0.2) is 5.78 Å². The van der Waals surface area contributed by atoms with Crippen LogP contribution in [0.3, 0.4) is 0 Å². The van der Waals surface area contributed by atoms with Crippen LogP contribution in [0, 0.1) is 0 Å². The second-order valence-electron chi connectivity index (χ2n) is 4.98. The summed E-state index contributed by atoms with van der Waals surface area (Å²) in [5, 5.41) is 0. The molecule has 0 aliphatic carbocycles. The van der Waals surface area contributed by atoms with Crippen molar-refractivity contribution in [2.75, 3.05) is 0 Å². The molecule has 0 aliphatic heterocycles. The molecule has 0 rings (SSSR count). The van der Waals surface area contributed by atoms with Crippen LogP contribution in [0.15, 0.2) is 12.2 Å². The SMILES string of the molecule is CCCCCCCCCCC=CCCC(C)=O. The summed E-state index contributed by atoms with van der Waals surface area (Å²) in [4.78, 5) is 10.7. The molecule has 0 N–H and O–H groups in total. The molecule has 100 valence electrons. The van der Waals surface area contributed by atoms with Gasteiger partial charge < -0.3 is 4.79 Å². The first-order valence-corrected chi connectivity index (χ1v) is 7.41. The fourth-order valence-corrected chi connectivity index (χ4v) is 1.92. The smallest absolute Gasteiger partial charge is 0.130 e. The molecular weight excluding hydrogens is 208 g/mol. The maximum atomic E-state index is 10.7. The first-order valence-electron chi connectivity index (χ1n) is 7.41. The van der Waals surface area contributed by atoms with Gasteiger partial charge in [-0.05, 0) is 26.2 Å². The lowest BCUT2D eigenvalue weighted by Gasteiger charge is -1.99. The fraction of sp³-hybridized carbons (Fsp3) is 0.812. The van der Waals surface area contributed by atoms with Gasteiger partial charge in [0.15, 0.2) is 0 Å². The number of hydrogen-bond acceptors (Lipinski definition) is 1. The second kappa shape index (κ2) is 13.5. The Balaban J connectivity index is 3.05. The molecule has 0 aromatic heterocycles. The Morgan fingerprint density at radius 3 is 1.94 bits per heavy atom. The number of carbonyl (C=O) groups excluding carboxylic acids is 1. The van der Waals surface area contributed by atoms with Crippen molar-refractivity contribution >= 4 is 5.78 Å². The molecule has 17 heavy (non-hydrogen) atoms. The quantitative estimate of drug-likeness (QED) is 0.327. The third-order valence-electron chi connectivity index (χ3n) is 3.05. The van der Waals surface area contributed by atoms with Crippen LogP contribution >= 0.6 is 0 Å². The molecule has 0 radical (unpaired) electrons. The van der Waals surface area contributed by atoms with Gasteiger partial charge >= 0.3 is 0 Å². The molecule has 0 saturated heterocycles. The van der Waals surface area contributed by atoms with Crippen molar-refractivity contribution in [3.63, 3.8) is 0 Å². The summed E-state index contributed by atoms with van der Waals surface area (Å²) < 4.78 is 0. The van der Waals surface area contributed by atoms with E-state index in [1.54, 1.807) is 6.92 Å². The lowest BCUT2D eigenvalue weighted by molar-refractivity contribution is -0.116. The highest BCUT2D eigenvalue weighted by molar-refractivity contribution is 5.75. The van der Waals surface area contributed by atoms with Crippen LogP contribution in [0.2, 0.25) is 0 Å². The van der Waals surface area contributed by atoms with E-state index in [0.29, 0.717) is 12.2 Å². The zero-order chi connectivity index (χ0) is 12.8. The van der Waals surface area contributed by atoms with Crippen molar-refractivity contribution in [1.29, 1.82) is 0 Å². The van der Waals surface area contributed by atoms with E-state index in [1.165, 1.54) is 57.8 Å². The number of allylic oxidation sites excluding steroid dienone is 2. The van der Waals surface area contributed by atoms with E-state index in [9.17, 15) is 4.79 Å². The topological polar surface area (TPSA) is 17.1 Å². The number of hydrogen-bond donors (Lipinski definition) is 0. The number of ketones is 1. The molecule has 0 aliphatic rings. The van der Waals surface area contributed by atoms with Gasteiger partial charge in [-0.3, -0.25) is 0 Å². The Hall–Kier alpha value is -0.590. The van der Waals surface area contributed by atoms with Gasteiger partial charge in [0.05, 0.1) is 0 Å². The molecule has 0 saturated carbocycles. The molecule has 0 fully saturated rings. The molecular formula is C16H30O. The van der Waals surface area contributed by atoms with Crippen LogP contribution in [0.5, 0.6) is 0 Å². The van der Waals surface area contributed by atoms with Crippen LogP contribution in [0.4, 0.5) is 0 Å². The third-order valence-corrected chi connectivity index (χ3v) is 3.05. The summed E-state index contributed by atoms with van der Waals surface area (Å²) >= 11 is 0. The Labute approximate surface area is 108 Å². The largest absolute Gasteiger partial charge is 0.300 e. The summed E-state index contributed by atoms with van der Waals surface area (Å²) in [5.41, 5.74) is 0. The van der Waals surface area contributed by atoms with E-state index in [2.05, 4.69) is 19.1 Å². The Morgan fingerprint density at radius 2 is 1.35 bits per heavy atom. The molecule has 1 heteroatoms. The van der Waals surface area contributed by atoms with Crippen molar-refractivity contribution in [1.82, 2.24) is 0 Å². The lowest BCUT2D eigenvalue weighted by Crippen LogP contribution is -1.86.